The number of benzene rings is 1. The normalized spacial score (nSPS) is 32.4. The van der Waals surface area contributed by atoms with Gasteiger partial charge in [-0.3, -0.25) is 4.57 Å². The van der Waals surface area contributed by atoms with Crippen LogP contribution in [0.3, 0.4) is 0 Å². The van der Waals surface area contributed by atoms with E-state index in [0.29, 0.717) is 41.1 Å². The van der Waals surface area contributed by atoms with Gasteiger partial charge in [-0.25, -0.2) is 0 Å². The standard InChI is InChI=1S/C29H50NO4P/c1-19(2)25-15-9-21(5)17-27(25)33-35(32,29(31)23-11-13-24(14-12-23)30(7)8)34-28-18-22(6)10-16-26(28)20(3)4/h11-14,19-22,25-29,31H,9-10,15-18H2,1-8H3/t21-,22-,25-,26+,27-,28-,29+,35?/m1/s1. The molecule has 2 saturated carbocycles. The Kier molecular flexibility index (Phi) is 9.93. The molecule has 6 heteroatoms. The predicted molar refractivity (Wildman–Crippen MR) is 146 cm³/mol. The van der Waals surface area contributed by atoms with Crippen molar-refractivity contribution in [2.45, 2.75) is 98.1 Å². The zero-order valence-corrected chi connectivity index (χ0v) is 24.2. The van der Waals surface area contributed by atoms with Gasteiger partial charge >= 0.3 is 7.60 Å². The van der Waals surface area contributed by atoms with Crippen LogP contribution in [-0.4, -0.2) is 31.4 Å². The number of aliphatic hydroxyl groups is 1. The third kappa shape index (κ3) is 7.12. The van der Waals surface area contributed by atoms with Crippen LogP contribution in [0.1, 0.15) is 91.5 Å². The van der Waals surface area contributed by atoms with Gasteiger partial charge in [-0.15, -0.1) is 0 Å². The van der Waals surface area contributed by atoms with Crippen LogP contribution in [0, 0.1) is 35.5 Å². The van der Waals surface area contributed by atoms with Gasteiger partial charge in [0.25, 0.3) is 0 Å². The van der Waals surface area contributed by atoms with Crippen LogP contribution in [-0.2, 0) is 13.6 Å². The molecule has 0 aromatic heterocycles. The predicted octanol–water partition coefficient (Wildman–Crippen LogP) is 7.89. The van der Waals surface area contributed by atoms with Crippen LogP contribution >= 0.6 is 7.60 Å². The summed E-state index contributed by atoms with van der Waals surface area (Å²) >= 11 is 0. The third-order valence-corrected chi connectivity index (χ3v) is 10.5. The van der Waals surface area contributed by atoms with E-state index in [-0.39, 0.29) is 12.2 Å². The first-order chi connectivity index (χ1) is 16.4. The molecule has 0 aliphatic heterocycles. The van der Waals surface area contributed by atoms with E-state index in [1.807, 2.05) is 43.3 Å². The summed E-state index contributed by atoms with van der Waals surface area (Å²) in [6.45, 7) is 13.4. The molecule has 0 amide bonds. The van der Waals surface area contributed by atoms with E-state index in [0.717, 1.165) is 44.2 Å². The van der Waals surface area contributed by atoms with Crippen molar-refractivity contribution in [3.63, 3.8) is 0 Å². The molecule has 0 saturated heterocycles. The maximum absolute atomic E-state index is 14.7. The molecule has 2 aliphatic rings. The Hall–Kier alpha value is -0.870. The lowest BCUT2D eigenvalue weighted by Crippen LogP contribution is -2.37. The Labute approximate surface area is 214 Å². The van der Waals surface area contributed by atoms with E-state index < -0.39 is 13.4 Å². The van der Waals surface area contributed by atoms with Gasteiger partial charge in [-0.05, 0) is 78.9 Å². The molecule has 8 atom stereocenters. The Morgan fingerprint density at radius 3 is 1.63 bits per heavy atom. The highest BCUT2D eigenvalue weighted by Crippen LogP contribution is 2.64. The molecule has 3 rings (SSSR count). The minimum Gasteiger partial charge on any atom is -0.378 e. The van der Waals surface area contributed by atoms with Gasteiger partial charge in [0.15, 0.2) is 5.85 Å². The summed E-state index contributed by atoms with van der Waals surface area (Å²) in [4.78, 5) is 2.01. The van der Waals surface area contributed by atoms with Crippen molar-refractivity contribution in [2.24, 2.45) is 35.5 Å². The SMILES string of the molecule is CC(C)[C@H]1CC[C@@H](C)C[C@H]1OP(=O)(O[C@@H]1C[C@H](C)CC[C@H]1C(C)C)[C@H](O)c1ccc(N(C)C)cc1. The average molecular weight is 508 g/mol. The molecule has 2 aliphatic carbocycles. The summed E-state index contributed by atoms with van der Waals surface area (Å²) in [6.07, 6.45) is 5.83. The van der Waals surface area contributed by atoms with Crippen LogP contribution in [0.25, 0.3) is 0 Å². The molecule has 0 radical (unpaired) electrons. The van der Waals surface area contributed by atoms with E-state index in [2.05, 4.69) is 41.5 Å². The summed E-state index contributed by atoms with van der Waals surface area (Å²) < 4.78 is 27.8. The monoisotopic (exact) mass is 507 g/mol. The molecular weight excluding hydrogens is 457 g/mol. The van der Waals surface area contributed by atoms with Crippen molar-refractivity contribution in [2.75, 3.05) is 19.0 Å². The van der Waals surface area contributed by atoms with Crippen molar-refractivity contribution in [3.05, 3.63) is 29.8 Å². The van der Waals surface area contributed by atoms with Crippen molar-refractivity contribution in [1.29, 1.82) is 0 Å². The van der Waals surface area contributed by atoms with E-state index in [4.69, 9.17) is 9.05 Å². The molecule has 2 fully saturated rings. The van der Waals surface area contributed by atoms with E-state index in [1.54, 1.807) is 0 Å². The van der Waals surface area contributed by atoms with Crippen LogP contribution in [0.15, 0.2) is 24.3 Å². The highest BCUT2D eigenvalue weighted by Gasteiger charge is 2.46. The molecule has 1 N–H and O–H groups in total. The van der Waals surface area contributed by atoms with Crippen molar-refractivity contribution >= 4 is 13.3 Å². The Bertz CT molecular complexity index is 802. The van der Waals surface area contributed by atoms with Crippen molar-refractivity contribution in [1.82, 2.24) is 0 Å². The Balaban J connectivity index is 1.95. The summed E-state index contributed by atoms with van der Waals surface area (Å²) in [5.74, 6) is 1.21. The fourth-order valence-corrected chi connectivity index (χ4v) is 8.17. The van der Waals surface area contributed by atoms with Crippen molar-refractivity contribution < 1.29 is 18.7 Å². The molecule has 5 nitrogen and oxygen atoms in total. The van der Waals surface area contributed by atoms with Crippen LogP contribution < -0.4 is 4.90 Å². The van der Waals surface area contributed by atoms with Gasteiger partial charge in [-0.1, -0.05) is 66.5 Å². The largest absolute Gasteiger partial charge is 0.378 e. The second-order valence-corrected chi connectivity index (χ2v) is 14.3. The third-order valence-electron chi connectivity index (χ3n) is 8.49. The van der Waals surface area contributed by atoms with Gasteiger partial charge in [0.05, 0.1) is 12.2 Å². The number of hydrogen-bond acceptors (Lipinski definition) is 5. The van der Waals surface area contributed by atoms with Gasteiger partial charge in [0, 0.05) is 19.8 Å². The van der Waals surface area contributed by atoms with E-state index >= 15 is 0 Å². The second-order valence-electron chi connectivity index (χ2n) is 12.3. The fourth-order valence-electron chi connectivity index (χ4n) is 6.12. The fraction of sp³-hybridized carbons (Fsp3) is 0.793. The van der Waals surface area contributed by atoms with Crippen LogP contribution in [0.4, 0.5) is 5.69 Å². The minimum absolute atomic E-state index is 0.168. The summed E-state index contributed by atoms with van der Waals surface area (Å²) in [5, 5.41) is 11.6. The first-order valence-electron chi connectivity index (χ1n) is 13.8. The molecular formula is C29H50NO4P. The Morgan fingerprint density at radius 1 is 0.829 bits per heavy atom. The van der Waals surface area contributed by atoms with Crippen molar-refractivity contribution in [3.8, 4) is 0 Å². The van der Waals surface area contributed by atoms with Crippen LogP contribution in [0.2, 0.25) is 0 Å². The quantitative estimate of drug-likeness (QED) is 0.344. The number of hydrogen-bond donors (Lipinski definition) is 1. The highest BCUT2D eigenvalue weighted by atomic mass is 31.2. The van der Waals surface area contributed by atoms with E-state index in [9.17, 15) is 9.67 Å². The average Bonchev–Trinajstić information content (AvgIpc) is 2.78. The lowest BCUT2D eigenvalue weighted by atomic mass is 9.75. The molecule has 1 unspecified atom stereocenters. The lowest BCUT2D eigenvalue weighted by molar-refractivity contribution is -0.0153. The Morgan fingerprint density at radius 2 is 1.26 bits per heavy atom. The van der Waals surface area contributed by atoms with E-state index in [1.165, 1.54) is 0 Å². The highest BCUT2D eigenvalue weighted by molar-refractivity contribution is 7.54. The molecule has 200 valence electrons. The maximum Gasteiger partial charge on any atom is 0.363 e. The molecule has 1 aromatic carbocycles. The maximum atomic E-state index is 14.7. The van der Waals surface area contributed by atoms with Gasteiger partial charge in [-0.2, -0.15) is 0 Å². The number of rotatable bonds is 9. The lowest BCUT2D eigenvalue weighted by Gasteiger charge is -2.42. The molecule has 1 aromatic rings. The first-order valence-corrected chi connectivity index (χ1v) is 15.4. The first kappa shape index (κ1) is 28.7. The van der Waals surface area contributed by atoms with Gasteiger partial charge in [0.2, 0.25) is 0 Å². The topological polar surface area (TPSA) is 59.0 Å². The molecule has 0 spiro atoms. The van der Waals surface area contributed by atoms with Gasteiger partial charge in [0.1, 0.15) is 0 Å². The number of nitrogens with zero attached hydrogens (tertiary/aromatic N) is 1. The summed E-state index contributed by atoms with van der Waals surface area (Å²) in [5.41, 5.74) is 1.62. The number of aliphatic hydroxyl groups excluding tert-OH is 1. The summed E-state index contributed by atoms with van der Waals surface area (Å²) in [7, 11) is 0.0893. The minimum atomic E-state index is -3.87. The number of anilines is 1. The molecule has 0 bridgehead atoms. The smallest absolute Gasteiger partial charge is 0.363 e. The molecule has 35 heavy (non-hydrogen) atoms. The zero-order valence-electron chi connectivity index (χ0n) is 23.3. The molecule has 0 heterocycles. The summed E-state index contributed by atoms with van der Waals surface area (Å²) in [6, 6.07) is 7.60. The zero-order chi connectivity index (χ0) is 25.9. The van der Waals surface area contributed by atoms with Crippen LogP contribution in [0.5, 0.6) is 0 Å². The van der Waals surface area contributed by atoms with Gasteiger partial charge < -0.3 is 19.1 Å². The second kappa shape index (κ2) is 12.1.